The maximum atomic E-state index is 6.00. The highest BCUT2D eigenvalue weighted by Gasteiger charge is 2.07. The third-order valence-electron chi connectivity index (χ3n) is 2.86. The van der Waals surface area contributed by atoms with Crippen molar-refractivity contribution >= 4 is 29.2 Å². The molecule has 0 aliphatic heterocycles. The van der Waals surface area contributed by atoms with Crippen molar-refractivity contribution in [3.63, 3.8) is 0 Å². The quantitative estimate of drug-likeness (QED) is 0.785. The molecular formula is C16H20ClN3S. The molecule has 1 N–H and O–H groups in total. The monoisotopic (exact) mass is 321 g/mol. The molecule has 2 rings (SSSR count). The van der Waals surface area contributed by atoms with E-state index in [4.69, 9.17) is 11.6 Å². The lowest BCUT2D eigenvalue weighted by atomic mass is 10.1. The molecule has 0 aliphatic carbocycles. The van der Waals surface area contributed by atoms with Crippen LogP contribution in [-0.4, -0.2) is 17.0 Å². The molecule has 21 heavy (non-hydrogen) atoms. The van der Waals surface area contributed by atoms with E-state index in [2.05, 4.69) is 29.1 Å². The predicted octanol–water partition coefficient (Wildman–Crippen LogP) is 4.66. The molecule has 1 heterocycles. The SMILES string of the molecule is CNc1cc(CC(C)C)nc(CSc2cccc(Cl)c2)n1. The van der Waals surface area contributed by atoms with Crippen molar-refractivity contribution in [3.05, 3.63) is 46.9 Å². The highest BCUT2D eigenvalue weighted by molar-refractivity contribution is 7.98. The van der Waals surface area contributed by atoms with Crippen LogP contribution < -0.4 is 5.32 Å². The van der Waals surface area contributed by atoms with Gasteiger partial charge in [0, 0.05) is 28.7 Å². The number of nitrogens with zero attached hydrogens (tertiary/aromatic N) is 2. The summed E-state index contributed by atoms with van der Waals surface area (Å²) < 4.78 is 0. The lowest BCUT2D eigenvalue weighted by molar-refractivity contribution is 0.632. The van der Waals surface area contributed by atoms with Crippen molar-refractivity contribution in [1.82, 2.24) is 9.97 Å². The average molecular weight is 322 g/mol. The van der Waals surface area contributed by atoms with Crippen LogP contribution in [-0.2, 0) is 12.2 Å². The fraction of sp³-hybridized carbons (Fsp3) is 0.375. The Bertz CT molecular complexity index is 602. The number of benzene rings is 1. The second-order valence-electron chi connectivity index (χ2n) is 5.25. The van der Waals surface area contributed by atoms with E-state index in [-0.39, 0.29) is 0 Å². The summed E-state index contributed by atoms with van der Waals surface area (Å²) >= 11 is 7.70. The number of anilines is 1. The molecule has 0 amide bonds. The van der Waals surface area contributed by atoms with Gasteiger partial charge in [0.05, 0.1) is 5.75 Å². The van der Waals surface area contributed by atoms with Crippen molar-refractivity contribution in [3.8, 4) is 0 Å². The summed E-state index contributed by atoms with van der Waals surface area (Å²) in [5, 5.41) is 3.86. The first-order valence-electron chi connectivity index (χ1n) is 6.99. The molecule has 3 nitrogen and oxygen atoms in total. The largest absolute Gasteiger partial charge is 0.373 e. The number of hydrogen-bond acceptors (Lipinski definition) is 4. The van der Waals surface area contributed by atoms with E-state index in [1.54, 1.807) is 11.8 Å². The normalized spacial score (nSPS) is 10.9. The summed E-state index contributed by atoms with van der Waals surface area (Å²) in [6.45, 7) is 4.39. The van der Waals surface area contributed by atoms with Crippen molar-refractivity contribution < 1.29 is 0 Å². The van der Waals surface area contributed by atoms with Gasteiger partial charge in [0.15, 0.2) is 0 Å². The van der Waals surface area contributed by atoms with Crippen LogP contribution in [0.1, 0.15) is 25.4 Å². The number of thioether (sulfide) groups is 1. The molecule has 1 aromatic carbocycles. The number of hydrogen-bond donors (Lipinski definition) is 1. The molecule has 0 fully saturated rings. The lowest BCUT2D eigenvalue weighted by Crippen LogP contribution is -2.05. The van der Waals surface area contributed by atoms with Crippen molar-refractivity contribution in [1.29, 1.82) is 0 Å². The highest BCUT2D eigenvalue weighted by Crippen LogP contribution is 2.24. The highest BCUT2D eigenvalue weighted by atomic mass is 35.5. The second-order valence-corrected chi connectivity index (χ2v) is 6.74. The van der Waals surface area contributed by atoms with Crippen LogP contribution in [0.15, 0.2) is 35.2 Å². The molecule has 112 valence electrons. The molecule has 2 aromatic rings. The van der Waals surface area contributed by atoms with Gasteiger partial charge in [-0.1, -0.05) is 31.5 Å². The predicted molar refractivity (Wildman–Crippen MR) is 91.1 cm³/mol. The summed E-state index contributed by atoms with van der Waals surface area (Å²) in [5.41, 5.74) is 1.09. The Kier molecular flexibility index (Phi) is 5.88. The number of aromatic nitrogens is 2. The minimum atomic E-state index is 0.582. The minimum Gasteiger partial charge on any atom is -0.373 e. The van der Waals surface area contributed by atoms with Crippen LogP contribution in [0.5, 0.6) is 0 Å². The third-order valence-corrected chi connectivity index (χ3v) is 4.09. The zero-order valence-electron chi connectivity index (χ0n) is 12.6. The van der Waals surface area contributed by atoms with E-state index in [0.717, 1.165) is 39.4 Å². The van der Waals surface area contributed by atoms with Crippen LogP contribution >= 0.6 is 23.4 Å². The third kappa shape index (κ3) is 5.21. The van der Waals surface area contributed by atoms with Crippen molar-refractivity contribution in [2.75, 3.05) is 12.4 Å². The van der Waals surface area contributed by atoms with Crippen LogP contribution in [0.3, 0.4) is 0 Å². The van der Waals surface area contributed by atoms with Gasteiger partial charge in [-0.15, -0.1) is 11.8 Å². The fourth-order valence-corrected chi connectivity index (χ4v) is 3.04. The Morgan fingerprint density at radius 3 is 2.71 bits per heavy atom. The molecule has 0 aliphatic rings. The molecule has 1 aromatic heterocycles. The Labute approximate surface area is 135 Å². The van der Waals surface area contributed by atoms with Crippen molar-refractivity contribution in [2.24, 2.45) is 5.92 Å². The van der Waals surface area contributed by atoms with Gasteiger partial charge in [-0.25, -0.2) is 9.97 Å². The van der Waals surface area contributed by atoms with Gasteiger partial charge in [0.1, 0.15) is 11.6 Å². The minimum absolute atomic E-state index is 0.582. The Morgan fingerprint density at radius 2 is 2.05 bits per heavy atom. The van der Waals surface area contributed by atoms with E-state index < -0.39 is 0 Å². The summed E-state index contributed by atoms with van der Waals surface area (Å²) in [5.74, 6) is 3.05. The molecule has 0 saturated heterocycles. The Morgan fingerprint density at radius 1 is 1.24 bits per heavy atom. The summed E-state index contributed by atoms with van der Waals surface area (Å²) in [6.07, 6.45) is 0.964. The first-order valence-corrected chi connectivity index (χ1v) is 8.36. The first kappa shape index (κ1) is 16.1. The van der Waals surface area contributed by atoms with E-state index >= 15 is 0 Å². The lowest BCUT2D eigenvalue weighted by Gasteiger charge is -2.09. The Balaban J connectivity index is 2.11. The van der Waals surface area contributed by atoms with Crippen LogP contribution in [0.4, 0.5) is 5.82 Å². The van der Waals surface area contributed by atoms with Gasteiger partial charge in [0.25, 0.3) is 0 Å². The number of halogens is 1. The molecule has 0 radical (unpaired) electrons. The molecule has 5 heteroatoms. The van der Waals surface area contributed by atoms with E-state index in [1.165, 1.54) is 0 Å². The molecule has 0 spiro atoms. The standard InChI is InChI=1S/C16H20ClN3S/c1-11(2)7-13-9-15(18-3)20-16(19-13)10-21-14-6-4-5-12(17)8-14/h4-6,8-9,11H,7,10H2,1-3H3,(H,18,19,20). The molecule has 0 unspecified atom stereocenters. The van der Waals surface area contributed by atoms with Crippen molar-refractivity contribution in [2.45, 2.75) is 30.9 Å². The van der Waals surface area contributed by atoms with Gasteiger partial charge in [-0.3, -0.25) is 0 Å². The average Bonchev–Trinajstić information content (AvgIpc) is 2.44. The van der Waals surface area contributed by atoms with Crippen LogP contribution in [0.25, 0.3) is 0 Å². The number of nitrogens with one attached hydrogen (secondary N) is 1. The molecule has 0 atom stereocenters. The fourth-order valence-electron chi connectivity index (χ4n) is 1.97. The van der Waals surface area contributed by atoms with Gasteiger partial charge in [0.2, 0.25) is 0 Å². The zero-order valence-corrected chi connectivity index (χ0v) is 14.1. The smallest absolute Gasteiger partial charge is 0.141 e. The van der Waals surface area contributed by atoms with Gasteiger partial charge in [-0.05, 0) is 30.5 Å². The molecule has 0 bridgehead atoms. The van der Waals surface area contributed by atoms with Crippen LogP contribution in [0, 0.1) is 5.92 Å². The Hall–Kier alpha value is -1.26. The van der Waals surface area contributed by atoms with E-state index in [1.807, 2.05) is 37.4 Å². The topological polar surface area (TPSA) is 37.8 Å². The van der Waals surface area contributed by atoms with E-state index in [0.29, 0.717) is 5.92 Å². The first-order chi connectivity index (χ1) is 10.1. The van der Waals surface area contributed by atoms with Crippen LogP contribution in [0.2, 0.25) is 5.02 Å². The van der Waals surface area contributed by atoms with Gasteiger partial charge < -0.3 is 5.32 Å². The zero-order chi connectivity index (χ0) is 15.2. The van der Waals surface area contributed by atoms with Gasteiger partial charge >= 0.3 is 0 Å². The molecule has 0 saturated carbocycles. The van der Waals surface area contributed by atoms with E-state index in [9.17, 15) is 0 Å². The summed E-state index contributed by atoms with van der Waals surface area (Å²) in [7, 11) is 1.88. The maximum absolute atomic E-state index is 6.00. The van der Waals surface area contributed by atoms with Gasteiger partial charge in [-0.2, -0.15) is 0 Å². The second kappa shape index (κ2) is 7.66. The summed E-state index contributed by atoms with van der Waals surface area (Å²) in [4.78, 5) is 10.3. The maximum Gasteiger partial charge on any atom is 0.141 e. The number of rotatable bonds is 6. The summed E-state index contributed by atoms with van der Waals surface area (Å²) in [6, 6.07) is 9.87. The molecular weight excluding hydrogens is 302 g/mol.